The third kappa shape index (κ3) is 4.56. The van der Waals surface area contributed by atoms with Crippen molar-refractivity contribution in [3.8, 4) is 0 Å². The molecule has 9 unspecified atom stereocenters. The van der Waals surface area contributed by atoms with Crippen molar-refractivity contribution < 1.29 is 27.8 Å². The van der Waals surface area contributed by atoms with Gasteiger partial charge in [-0.25, -0.2) is 0 Å². The Labute approximate surface area is 141 Å². The maximum Gasteiger partial charge on any atom is 0.697 e. The van der Waals surface area contributed by atoms with E-state index in [-0.39, 0.29) is 42.6 Å². The quantitative estimate of drug-likeness (QED) is 0.515. The smallest absolute Gasteiger partial charge is 0.382 e. The zero-order valence-electron chi connectivity index (χ0n) is 14.1. The van der Waals surface area contributed by atoms with Gasteiger partial charge in [-0.1, -0.05) is 20.8 Å². The molecule has 126 valence electrons. The summed E-state index contributed by atoms with van der Waals surface area (Å²) in [6.45, 7) is 6.45. The van der Waals surface area contributed by atoms with Gasteiger partial charge in [0.25, 0.3) is 0 Å². The minimum atomic E-state index is -2.30. The second-order valence-electron chi connectivity index (χ2n) is 6.40. The van der Waals surface area contributed by atoms with Crippen LogP contribution in [-0.2, 0) is 27.8 Å². The highest BCUT2D eigenvalue weighted by molar-refractivity contribution is 7.33. The molecule has 0 aromatic rings. The Bertz CT molecular complexity index is 415. The first kappa shape index (κ1) is 19.4. The molecular formula is C14H24B2O6P+. The monoisotopic (exact) mass is 341 g/mol. The number of methoxy groups -OCH3 is 1. The lowest BCUT2D eigenvalue weighted by Gasteiger charge is -2.15. The fourth-order valence-electron chi connectivity index (χ4n) is 2.93. The van der Waals surface area contributed by atoms with E-state index in [2.05, 4.69) is 0 Å². The maximum atomic E-state index is 12.1. The van der Waals surface area contributed by atoms with Crippen LogP contribution < -0.4 is 0 Å². The third-order valence-corrected chi connectivity index (χ3v) is 5.66. The molecule has 2 rings (SSSR count). The Morgan fingerprint density at radius 3 is 2.13 bits per heavy atom. The van der Waals surface area contributed by atoms with Crippen molar-refractivity contribution in [3.63, 3.8) is 0 Å². The van der Waals surface area contributed by atoms with Gasteiger partial charge in [-0.15, -0.1) is 9.05 Å². The lowest BCUT2D eigenvalue weighted by atomic mass is 9.82. The molecule has 0 spiro atoms. The van der Waals surface area contributed by atoms with E-state index in [1.807, 2.05) is 20.8 Å². The lowest BCUT2D eigenvalue weighted by Crippen LogP contribution is -2.31. The van der Waals surface area contributed by atoms with Crippen molar-refractivity contribution in [3.05, 3.63) is 0 Å². The van der Waals surface area contributed by atoms with E-state index < -0.39 is 20.4 Å². The number of ether oxygens (including phenoxy) is 3. The molecule has 2 fully saturated rings. The van der Waals surface area contributed by atoms with Crippen molar-refractivity contribution in [1.82, 2.24) is 0 Å². The van der Waals surface area contributed by atoms with Crippen LogP contribution >= 0.6 is 8.25 Å². The summed E-state index contributed by atoms with van der Waals surface area (Å²) in [6.07, 6.45) is -0.976. The molecule has 2 heterocycles. The summed E-state index contributed by atoms with van der Waals surface area (Å²) >= 11 is 0. The number of rotatable bonds is 7. The SMILES string of the molecule is [B]C1OC(CO[P+](=O)OC2C(COC)OC([B])C2C)C(C)C1C. The number of hydrogen-bond acceptors (Lipinski definition) is 6. The Morgan fingerprint density at radius 2 is 1.57 bits per heavy atom. The van der Waals surface area contributed by atoms with E-state index in [1.54, 1.807) is 7.11 Å². The van der Waals surface area contributed by atoms with Gasteiger partial charge in [0.1, 0.15) is 34.5 Å². The van der Waals surface area contributed by atoms with E-state index >= 15 is 0 Å². The van der Waals surface area contributed by atoms with Crippen LogP contribution in [0.2, 0.25) is 0 Å². The second kappa shape index (κ2) is 8.41. The molecule has 2 aliphatic heterocycles. The molecule has 0 saturated carbocycles. The van der Waals surface area contributed by atoms with Gasteiger partial charge in [0.15, 0.2) is 0 Å². The first-order valence-electron chi connectivity index (χ1n) is 7.93. The van der Waals surface area contributed by atoms with Gasteiger partial charge >= 0.3 is 8.25 Å². The van der Waals surface area contributed by atoms with Crippen molar-refractivity contribution >= 4 is 23.9 Å². The maximum absolute atomic E-state index is 12.1. The van der Waals surface area contributed by atoms with Crippen LogP contribution in [0.5, 0.6) is 0 Å². The van der Waals surface area contributed by atoms with Crippen molar-refractivity contribution in [1.29, 1.82) is 0 Å². The normalized spacial score (nSPS) is 44.6. The highest BCUT2D eigenvalue weighted by Gasteiger charge is 2.46. The molecule has 23 heavy (non-hydrogen) atoms. The molecule has 2 saturated heterocycles. The molecule has 2 aliphatic rings. The Hall–Kier alpha value is 0.0299. The van der Waals surface area contributed by atoms with Gasteiger partial charge in [0, 0.05) is 29.6 Å². The standard InChI is InChI=1S/C14H24B2O6P/c1-7-8(2)13(15)20-10(7)6-19-23(17)22-12-9(3)14(16)21-11(12)5-18-4/h7-14H,5-6H2,1-4H3/q+1. The molecule has 0 aliphatic carbocycles. The average molecular weight is 341 g/mol. The van der Waals surface area contributed by atoms with E-state index in [9.17, 15) is 4.57 Å². The minimum absolute atomic E-state index is 0.104. The van der Waals surface area contributed by atoms with Gasteiger partial charge < -0.3 is 14.2 Å². The molecule has 0 bridgehead atoms. The molecule has 0 aromatic heterocycles. The third-order valence-electron chi connectivity index (χ3n) is 4.88. The molecule has 9 heteroatoms. The van der Waals surface area contributed by atoms with Gasteiger partial charge in [0.2, 0.25) is 0 Å². The summed E-state index contributed by atoms with van der Waals surface area (Å²) in [7, 11) is 11.0. The van der Waals surface area contributed by atoms with E-state index in [1.165, 1.54) is 0 Å². The summed E-state index contributed by atoms with van der Waals surface area (Å²) in [5.74, 6) is 0.360. The molecule has 0 amide bonds. The second-order valence-corrected chi connectivity index (χ2v) is 7.32. The lowest BCUT2D eigenvalue weighted by molar-refractivity contribution is -0.0158. The van der Waals surface area contributed by atoms with Crippen LogP contribution in [0.3, 0.4) is 0 Å². The fraction of sp³-hybridized carbons (Fsp3) is 1.00. The zero-order chi connectivity index (χ0) is 17.1. The summed E-state index contributed by atoms with van der Waals surface area (Å²) in [6, 6.07) is -0.787. The van der Waals surface area contributed by atoms with Crippen LogP contribution in [0.25, 0.3) is 0 Å². The van der Waals surface area contributed by atoms with Crippen LogP contribution in [0.15, 0.2) is 0 Å². The molecule has 0 N–H and O–H groups in total. The summed E-state index contributed by atoms with van der Waals surface area (Å²) in [5.41, 5.74) is 0. The molecule has 0 aromatic carbocycles. The Morgan fingerprint density at radius 1 is 0.957 bits per heavy atom. The summed E-state index contributed by atoms with van der Waals surface area (Å²) in [5, 5.41) is 0. The van der Waals surface area contributed by atoms with Crippen LogP contribution in [-0.4, -0.2) is 66.3 Å². The predicted octanol–water partition coefficient (Wildman–Crippen LogP) is 1.39. The summed E-state index contributed by atoms with van der Waals surface area (Å²) < 4.78 is 39.2. The van der Waals surface area contributed by atoms with Crippen LogP contribution in [0, 0.1) is 17.8 Å². The largest absolute Gasteiger partial charge is 0.697 e. The van der Waals surface area contributed by atoms with E-state index in [0.717, 1.165) is 0 Å². The molecule has 6 nitrogen and oxygen atoms in total. The molecule has 4 radical (unpaired) electrons. The van der Waals surface area contributed by atoms with Gasteiger partial charge in [0.05, 0.1) is 12.7 Å². The zero-order valence-corrected chi connectivity index (χ0v) is 15.0. The first-order chi connectivity index (χ1) is 10.8. The summed E-state index contributed by atoms with van der Waals surface area (Å²) in [4.78, 5) is 0. The topological polar surface area (TPSA) is 63.2 Å². The minimum Gasteiger partial charge on any atom is -0.382 e. The number of hydrogen-bond donors (Lipinski definition) is 0. The molecule has 9 atom stereocenters. The van der Waals surface area contributed by atoms with Crippen LogP contribution in [0.4, 0.5) is 0 Å². The van der Waals surface area contributed by atoms with E-state index in [0.29, 0.717) is 6.61 Å². The Balaban J connectivity index is 1.82. The van der Waals surface area contributed by atoms with Gasteiger partial charge in [-0.05, 0) is 11.8 Å². The van der Waals surface area contributed by atoms with Crippen LogP contribution in [0.1, 0.15) is 20.8 Å². The van der Waals surface area contributed by atoms with Gasteiger partial charge in [-0.3, -0.25) is 0 Å². The van der Waals surface area contributed by atoms with Gasteiger partial charge in [-0.2, -0.15) is 0 Å². The first-order valence-corrected chi connectivity index (χ1v) is 9.02. The highest BCUT2D eigenvalue weighted by Crippen LogP contribution is 2.38. The predicted molar refractivity (Wildman–Crippen MR) is 86.6 cm³/mol. The van der Waals surface area contributed by atoms with Crippen molar-refractivity contribution in [2.24, 2.45) is 17.8 Å². The van der Waals surface area contributed by atoms with E-state index in [4.69, 9.17) is 39.0 Å². The Kier molecular flexibility index (Phi) is 7.08. The highest BCUT2D eigenvalue weighted by atomic mass is 31.1. The average Bonchev–Trinajstić information content (AvgIpc) is 2.91. The fourth-order valence-corrected chi connectivity index (χ4v) is 3.79. The van der Waals surface area contributed by atoms with Crippen molar-refractivity contribution in [2.45, 2.75) is 51.1 Å². The molecular weight excluding hydrogens is 317 g/mol. The van der Waals surface area contributed by atoms with Crippen molar-refractivity contribution in [2.75, 3.05) is 20.3 Å².